The average molecular weight is 519 g/mol. The molecule has 1 aromatic heterocycles. The molecule has 0 unspecified atom stereocenters. The minimum atomic E-state index is -0.174. The quantitative estimate of drug-likeness (QED) is 0.354. The monoisotopic (exact) mass is 518 g/mol. The predicted molar refractivity (Wildman–Crippen MR) is 147 cm³/mol. The van der Waals surface area contributed by atoms with Crippen LogP contribution in [0.1, 0.15) is 68.5 Å². The molecule has 202 valence electrons. The van der Waals surface area contributed by atoms with Gasteiger partial charge in [-0.05, 0) is 50.8 Å². The van der Waals surface area contributed by atoms with E-state index < -0.39 is 0 Å². The molecule has 2 aliphatic rings. The van der Waals surface area contributed by atoms with E-state index in [1.165, 1.54) is 18.9 Å². The molecule has 1 aliphatic heterocycles. The summed E-state index contributed by atoms with van der Waals surface area (Å²) in [4.78, 5) is 17.7. The molecule has 1 aliphatic carbocycles. The normalized spacial score (nSPS) is 16.1. The van der Waals surface area contributed by atoms with Gasteiger partial charge in [-0.2, -0.15) is 5.10 Å². The van der Waals surface area contributed by atoms with Gasteiger partial charge < -0.3 is 9.64 Å². The maximum absolute atomic E-state index is 14.4. The summed E-state index contributed by atoms with van der Waals surface area (Å²) in [5.41, 5.74) is 4.79. The molecule has 0 bridgehead atoms. The number of ether oxygens (including phenoxy) is 1. The Balaban J connectivity index is 1.47. The summed E-state index contributed by atoms with van der Waals surface area (Å²) in [5, 5.41) is 5.11. The molecule has 7 heteroatoms. The van der Waals surface area contributed by atoms with Crippen LogP contribution in [-0.2, 0) is 30.8 Å². The third-order valence-electron chi connectivity index (χ3n) is 8.09. The van der Waals surface area contributed by atoms with Crippen molar-refractivity contribution in [2.45, 2.75) is 78.0 Å². The number of methoxy groups -OCH3 is 1. The van der Waals surface area contributed by atoms with Gasteiger partial charge in [-0.25, -0.2) is 9.07 Å². The first-order valence-electron chi connectivity index (χ1n) is 13.9. The Hall–Kier alpha value is -3.19. The molecule has 0 radical (unpaired) electrons. The van der Waals surface area contributed by atoms with Crippen molar-refractivity contribution in [2.75, 3.05) is 13.7 Å². The molecular weight excluding hydrogens is 479 g/mol. The fraction of sp³-hybridized carbons (Fsp3) is 0.484. The van der Waals surface area contributed by atoms with Gasteiger partial charge in [-0.15, -0.1) is 0 Å². The van der Waals surface area contributed by atoms with Crippen LogP contribution in [0, 0.1) is 11.7 Å². The van der Waals surface area contributed by atoms with E-state index in [4.69, 9.17) is 9.84 Å². The number of carbonyl (C=O) groups excluding carboxylic acids is 1. The van der Waals surface area contributed by atoms with E-state index in [-0.39, 0.29) is 17.8 Å². The Kier molecular flexibility index (Phi) is 8.12. The smallest absolute Gasteiger partial charge is 0.223 e. The second-order valence-corrected chi connectivity index (χ2v) is 11.0. The van der Waals surface area contributed by atoms with Gasteiger partial charge in [0, 0.05) is 49.6 Å². The van der Waals surface area contributed by atoms with Gasteiger partial charge in [0.15, 0.2) is 0 Å². The van der Waals surface area contributed by atoms with Crippen molar-refractivity contribution >= 4 is 5.91 Å². The van der Waals surface area contributed by atoms with Crippen molar-refractivity contribution < 1.29 is 13.9 Å². The molecule has 2 heterocycles. The third kappa shape index (κ3) is 5.63. The molecule has 2 aromatic carbocycles. The fourth-order valence-electron chi connectivity index (χ4n) is 5.97. The van der Waals surface area contributed by atoms with E-state index in [1.54, 1.807) is 13.2 Å². The topological polar surface area (TPSA) is 50.6 Å². The van der Waals surface area contributed by atoms with E-state index in [2.05, 4.69) is 18.7 Å². The number of nitrogens with zero attached hydrogens (tertiary/aromatic N) is 4. The number of hydrogen-bond acceptors (Lipinski definition) is 4. The zero-order valence-corrected chi connectivity index (χ0v) is 22.8. The predicted octanol–water partition coefficient (Wildman–Crippen LogP) is 5.90. The summed E-state index contributed by atoms with van der Waals surface area (Å²) in [6.07, 6.45) is 6.17. The van der Waals surface area contributed by atoms with Crippen LogP contribution >= 0.6 is 0 Å². The van der Waals surface area contributed by atoms with Gasteiger partial charge >= 0.3 is 0 Å². The molecule has 1 fully saturated rings. The fourth-order valence-corrected chi connectivity index (χ4v) is 5.97. The van der Waals surface area contributed by atoms with Gasteiger partial charge in [0.1, 0.15) is 17.3 Å². The molecule has 38 heavy (non-hydrogen) atoms. The molecule has 1 saturated carbocycles. The van der Waals surface area contributed by atoms with Crippen LogP contribution in [0.3, 0.4) is 0 Å². The number of hydrogen-bond donors (Lipinski definition) is 0. The number of para-hydroxylation sites is 2. The van der Waals surface area contributed by atoms with Crippen molar-refractivity contribution in [1.82, 2.24) is 19.6 Å². The van der Waals surface area contributed by atoms with Gasteiger partial charge in [-0.3, -0.25) is 9.69 Å². The summed E-state index contributed by atoms with van der Waals surface area (Å²) >= 11 is 0. The minimum absolute atomic E-state index is 0.0778. The minimum Gasteiger partial charge on any atom is -0.494 e. The van der Waals surface area contributed by atoms with Crippen LogP contribution in [0.2, 0.25) is 0 Å². The zero-order chi connectivity index (χ0) is 26.6. The van der Waals surface area contributed by atoms with Gasteiger partial charge in [0.2, 0.25) is 5.91 Å². The first-order chi connectivity index (χ1) is 18.4. The lowest BCUT2D eigenvalue weighted by Gasteiger charge is -2.30. The Morgan fingerprint density at radius 1 is 1.13 bits per heavy atom. The Morgan fingerprint density at radius 2 is 1.87 bits per heavy atom. The van der Waals surface area contributed by atoms with Gasteiger partial charge in [-0.1, -0.05) is 43.2 Å². The number of fused-ring (bicyclic) bond motifs is 1. The summed E-state index contributed by atoms with van der Waals surface area (Å²) in [6, 6.07) is 15.0. The highest BCUT2D eigenvalue weighted by molar-refractivity contribution is 5.76. The lowest BCUT2D eigenvalue weighted by atomic mass is 10.0. The zero-order valence-electron chi connectivity index (χ0n) is 22.8. The first kappa shape index (κ1) is 26.4. The molecule has 1 amide bonds. The van der Waals surface area contributed by atoms with Crippen molar-refractivity contribution in [2.24, 2.45) is 5.92 Å². The first-order valence-corrected chi connectivity index (χ1v) is 13.9. The van der Waals surface area contributed by atoms with Gasteiger partial charge in [0.25, 0.3) is 0 Å². The highest BCUT2D eigenvalue weighted by atomic mass is 19.1. The van der Waals surface area contributed by atoms with Crippen LogP contribution in [0.15, 0.2) is 48.5 Å². The Morgan fingerprint density at radius 3 is 2.61 bits per heavy atom. The molecule has 0 saturated heterocycles. The van der Waals surface area contributed by atoms with Crippen LogP contribution in [0.5, 0.6) is 5.75 Å². The Labute approximate surface area is 225 Å². The second-order valence-electron chi connectivity index (χ2n) is 11.0. The van der Waals surface area contributed by atoms with Crippen LogP contribution in [-0.4, -0.2) is 45.2 Å². The summed E-state index contributed by atoms with van der Waals surface area (Å²) in [5.74, 6) is 1.30. The second kappa shape index (κ2) is 11.7. The molecule has 5 rings (SSSR count). The number of benzene rings is 2. The summed E-state index contributed by atoms with van der Waals surface area (Å²) < 4.78 is 22.1. The van der Waals surface area contributed by atoms with E-state index in [0.29, 0.717) is 37.5 Å². The number of carbonyl (C=O) groups is 1. The van der Waals surface area contributed by atoms with Crippen molar-refractivity contribution in [1.29, 1.82) is 0 Å². The van der Waals surface area contributed by atoms with Crippen LogP contribution < -0.4 is 4.74 Å². The van der Waals surface area contributed by atoms with Crippen LogP contribution in [0.4, 0.5) is 4.39 Å². The maximum Gasteiger partial charge on any atom is 0.223 e. The van der Waals surface area contributed by atoms with Gasteiger partial charge in [0.05, 0.1) is 25.0 Å². The number of rotatable bonds is 9. The number of aromatic nitrogens is 2. The SMILES string of the molecule is COc1ccccc1-n1nc(CN(C(=O)CC2CCCC2)C(C)C)c2c1CCN(Cc1ccccc1F)C2. The molecular formula is C31H39FN4O2. The maximum atomic E-state index is 14.4. The summed E-state index contributed by atoms with van der Waals surface area (Å²) in [7, 11) is 1.67. The molecule has 3 aromatic rings. The van der Waals surface area contributed by atoms with E-state index in [0.717, 1.165) is 54.2 Å². The number of halogens is 1. The molecule has 0 N–H and O–H groups in total. The molecule has 0 spiro atoms. The average Bonchev–Trinajstić information content (AvgIpc) is 3.56. The van der Waals surface area contributed by atoms with Crippen molar-refractivity contribution in [3.05, 3.63) is 76.9 Å². The molecule has 0 atom stereocenters. The Bertz CT molecular complexity index is 1260. The standard InChI is InChI=1S/C31H39FN4O2/c1-22(2)35(31(37)18-23-10-4-5-11-23)21-27-25-20-34(19-24-12-6-7-13-26(24)32)17-16-28(25)36(33-27)29-14-8-9-15-30(29)38-3/h6-9,12-15,22-23H,4-5,10-11,16-21H2,1-3H3. The van der Waals surface area contributed by atoms with Crippen molar-refractivity contribution in [3.63, 3.8) is 0 Å². The lowest BCUT2D eigenvalue weighted by molar-refractivity contribution is -0.134. The van der Waals surface area contributed by atoms with Crippen molar-refractivity contribution in [3.8, 4) is 11.4 Å². The molecule has 6 nitrogen and oxygen atoms in total. The largest absolute Gasteiger partial charge is 0.494 e. The van der Waals surface area contributed by atoms with E-state index in [9.17, 15) is 9.18 Å². The number of amides is 1. The summed E-state index contributed by atoms with van der Waals surface area (Å²) in [6.45, 7) is 6.65. The third-order valence-corrected chi connectivity index (χ3v) is 8.09. The van der Waals surface area contributed by atoms with Crippen LogP contribution in [0.25, 0.3) is 5.69 Å². The van der Waals surface area contributed by atoms with E-state index >= 15 is 0 Å². The highest BCUT2D eigenvalue weighted by Crippen LogP contribution is 2.32. The highest BCUT2D eigenvalue weighted by Gasteiger charge is 2.30. The lowest BCUT2D eigenvalue weighted by Crippen LogP contribution is -2.38. The van der Waals surface area contributed by atoms with E-state index in [1.807, 2.05) is 46.0 Å².